The fraction of sp³-hybridized carbons (Fsp3) is 0.0909. The van der Waals surface area contributed by atoms with Crippen molar-refractivity contribution < 1.29 is 4.39 Å². The lowest BCUT2D eigenvalue weighted by Gasteiger charge is -2.11. The average molecular weight is 389 g/mol. The highest BCUT2D eigenvalue weighted by Crippen LogP contribution is 2.37. The number of nitrogens with one attached hydrogen (secondary N) is 1. The van der Waals surface area contributed by atoms with Crippen molar-refractivity contribution in [3.8, 4) is 11.8 Å². The van der Waals surface area contributed by atoms with Crippen LogP contribution in [0.3, 0.4) is 0 Å². The number of aromatic nitrogens is 1. The Balaban J connectivity index is 1.95. The molecule has 6 heteroatoms. The molecule has 2 aromatic heterocycles. The number of benzene rings is 2. The van der Waals surface area contributed by atoms with Crippen molar-refractivity contribution in [3.05, 3.63) is 86.8 Å². The highest BCUT2D eigenvalue weighted by atomic mass is 32.1. The predicted octanol–water partition coefficient (Wildman–Crippen LogP) is 5.42. The molecule has 2 aromatic carbocycles. The van der Waals surface area contributed by atoms with E-state index in [1.807, 2.05) is 31.2 Å². The van der Waals surface area contributed by atoms with E-state index in [0.717, 1.165) is 16.6 Å². The quantitative estimate of drug-likeness (QED) is 0.509. The second-order valence-corrected chi connectivity index (χ2v) is 7.52. The van der Waals surface area contributed by atoms with Crippen LogP contribution in [0.2, 0.25) is 0 Å². The fourth-order valence-electron chi connectivity index (χ4n) is 3.19. The molecule has 0 saturated heterocycles. The van der Waals surface area contributed by atoms with Gasteiger partial charge in [0.25, 0.3) is 5.56 Å². The van der Waals surface area contributed by atoms with Crippen LogP contribution in [0, 0.1) is 31.0 Å². The molecule has 4 rings (SSSR count). The molecule has 28 heavy (non-hydrogen) atoms. The molecule has 0 saturated carbocycles. The van der Waals surface area contributed by atoms with E-state index in [-0.39, 0.29) is 11.4 Å². The Morgan fingerprint density at radius 2 is 1.86 bits per heavy atom. The van der Waals surface area contributed by atoms with Gasteiger partial charge in [-0.3, -0.25) is 9.36 Å². The Morgan fingerprint density at radius 1 is 1.07 bits per heavy atom. The molecule has 0 aliphatic rings. The van der Waals surface area contributed by atoms with Gasteiger partial charge in [-0.15, -0.1) is 11.3 Å². The molecule has 138 valence electrons. The van der Waals surface area contributed by atoms with Gasteiger partial charge >= 0.3 is 0 Å². The number of hydrogen-bond donors (Lipinski definition) is 1. The SMILES string of the molecule is Cc1cc(Nc2c(C#N)sc3c2ccc(=O)n3-c2ccccc2C)ccc1F. The summed E-state index contributed by atoms with van der Waals surface area (Å²) in [6.07, 6.45) is 0. The minimum atomic E-state index is -0.283. The molecule has 0 aliphatic carbocycles. The van der Waals surface area contributed by atoms with Crippen LogP contribution < -0.4 is 10.9 Å². The maximum atomic E-state index is 13.6. The van der Waals surface area contributed by atoms with Gasteiger partial charge < -0.3 is 5.32 Å². The molecule has 4 nitrogen and oxygen atoms in total. The van der Waals surface area contributed by atoms with E-state index in [9.17, 15) is 14.4 Å². The smallest absolute Gasteiger partial charge is 0.256 e. The third kappa shape index (κ3) is 2.96. The molecule has 0 atom stereocenters. The number of thiophene rings is 1. The molecule has 0 amide bonds. The Kier molecular flexibility index (Phi) is 4.46. The molecular formula is C22H16FN3OS. The summed E-state index contributed by atoms with van der Waals surface area (Å²) in [5, 5.41) is 13.7. The van der Waals surface area contributed by atoms with Crippen molar-refractivity contribution in [3.63, 3.8) is 0 Å². The first-order valence-corrected chi connectivity index (χ1v) is 9.49. The van der Waals surface area contributed by atoms with Crippen molar-refractivity contribution in [2.45, 2.75) is 13.8 Å². The van der Waals surface area contributed by atoms with Gasteiger partial charge in [0, 0.05) is 17.1 Å². The van der Waals surface area contributed by atoms with Gasteiger partial charge in [0.05, 0.1) is 11.4 Å². The van der Waals surface area contributed by atoms with Gasteiger partial charge in [-0.2, -0.15) is 5.26 Å². The van der Waals surface area contributed by atoms with E-state index in [1.54, 1.807) is 29.7 Å². The normalized spacial score (nSPS) is 10.8. The van der Waals surface area contributed by atoms with Crippen molar-refractivity contribution in [2.24, 2.45) is 0 Å². The van der Waals surface area contributed by atoms with E-state index in [4.69, 9.17) is 0 Å². The van der Waals surface area contributed by atoms with Crippen LogP contribution >= 0.6 is 11.3 Å². The largest absolute Gasteiger partial charge is 0.353 e. The number of nitrogens with zero attached hydrogens (tertiary/aromatic N) is 2. The molecule has 0 fully saturated rings. The second-order valence-electron chi connectivity index (χ2n) is 6.52. The lowest BCUT2D eigenvalue weighted by molar-refractivity contribution is 0.619. The standard InChI is InChI=1S/C22H16FN3OS/c1-13-5-3-4-6-18(13)26-20(27)10-8-16-21(19(12-24)28-22(16)26)25-15-7-9-17(23)14(2)11-15/h3-11,25H,1-2H3. The summed E-state index contributed by atoms with van der Waals surface area (Å²) in [5.74, 6) is -0.283. The van der Waals surface area contributed by atoms with Gasteiger partial charge in [-0.05, 0) is 55.3 Å². The lowest BCUT2D eigenvalue weighted by Crippen LogP contribution is -2.17. The van der Waals surface area contributed by atoms with Gasteiger partial charge in [0.1, 0.15) is 21.6 Å². The molecule has 0 radical (unpaired) electrons. The molecule has 0 spiro atoms. The zero-order valence-electron chi connectivity index (χ0n) is 15.3. The molecule has 0 unspecified atom stereocenters. The molecule has 2 heterocycles. The minimum Gasteiger partial charge on any atom is -0.353 e. The Morgan fingerprint density at radius 3 is 2.57 bits per heavy atom. The molecular weight excluding hydrogens is 373 g/mol. The number of pyridine rings is 1. The summed E-state index contributed by atoms with van der Waals surface area (Å²) >= 11 is 1.26. The number of para-hydroxylation sites is 1. The van der Waals surface area contributed by atoms with Crippen LogP contribution in [0.25, 0.3) is 15.9 Å². The number of rotatable bonds is 3. The summed E-state index contributed by atoms with van der Waals surface area (Å²) < 4.78 is 15.2. The van der Waals surface area contributed by atoms with Gasteiger partial charge in [0.15, 0.2) is 0 Å². The summed E-state index contributed by atoms with van der Waals surface area (Å²) in [6, 6.07) is 17.8. The van der Waals surface area contributed by atoms with Gasteiger partial charge in [0.2, 0.25) is 0 Å². The topological polar surface area (TPSA) is 57.8 Å². The Hall–Kier alpha value is -3.43. The lowest BCUT2D eigenvalue weighted by atomic mass is 10.1. The zero-order chi connectivity index (χ0) is 19.8. The van der Waals surface area contributed by atoms with Crippen molar-refractivity contribution >= 4 is 32.9 Å². The number of hydrogen-bond acceptors (Lipinski definition) is 4. The summed E-state index contributed by atoms with van der Waals surface area (Å²) in [7, 11) is 0. The summed E-state index contributed by atoms with van der Waals surface area (Å²) in [4.78, 5) is 13.8. The van der Waals surface area contributed by atoms with Gasteiger partial charge in [-0.1, -0.05) is 18.2 Å². The fourth-order valence-corrected chi connectivity index (χ4v) is 4.26. The summed E-state index contributed by atoms with van der Waals surface area (Å²) in [6.45, 7) is 3.63. The Labute approximate surface area is 165 Å². The number of anilines is 2. The highest BCUT2D eigenvalue weighted by Gasteiger charge is 2.18. The third-order valence-electron chi connectivity index (χ3n) is 4.63. The van der Waals surface area contributed by atoms with Crippen molar-refractivity contribution in [1.29, 1.82) is 5.26 Å². The molecule has 0 bridgehead atoms. The van der Waals surface area contributed by atoms with Gasteiger partial charge in [-0.25, -0.2) is 4.39 Å². The number of aryl methyl sites for hydroxylation is 2. The highest BCUT2D eigenvalue weighted by molar-refractivity contribution is 7.20. The number of nitriles is 1. The van der Waals surface area contributed by atoms with Crippen LogP contribution in [0.5, 0.6) is 0 Å². The minimum absolute atomic E-state index is 0.156. The van der Waals surface area contributed by atoms with Crippen LogP contribution in [0.4, 0.5) is 15.8 Å². The van der Waals surface area contributed by atoms with Crippen LogP contribution in [0.15, 0.2) is 59.4 Å². The maximum Gasteiger partial charge on any atom is 0.256 e. The van der Waals surface area contributed by atoms with E-state index in [1.165, 1.54) is 23.5 Å². The monoisotopic (exact) mass is 389 g/mol. The van der Waals surface area contributed by atoms with Crippen molar-refractivity contribution in [1.82, 2.24) is 4.57 Å². The van der Waals surface area contributed by atoms with E-state index in [2.05, 4.69) is 11.4 Å². The third-order valence-corrected chi connectivity index (χ3v) is 5.72. The first-order valence-electron chi connectivity index (χ1n) is 8.67. The second kappa shape index (κ2) is 6.95. The zero-order valence-corrected chi connectivity index (χ0v) is 16.1. The molecule has 0 aliphatic heterocycles. The Bertz CT molecular complexity index is 1310. The van der Waals surface area contributed by atoms with E-state index in [0.29, 0.717) is 26.6 Å². The van der Waals surface area contributed by atoms with Crippen molar-refractivity contribution in [2.75, 3.05) is 5.32 Å². The maximum absolute atomic E-state index is 13.6. The molecule has 1 N–H and O–H groups in total. The van der Waals surface area contributed by atoms with Crippen LogP contribution in [0.1, 0.15) is 16.0 Å². The number of halogens is 1. The van der Waals surface area contributed by atoms with E-state index < -0.39 is 0 Å². The van der Waals surface area contributed by atoms with E-state index >= 15 is 0 Å². The van der Waals surface area contributed by atoms with Crippen LogP contribution in [-0.2, 0) is 0 Å². The first-order chi connectivity index (χ1) is 13.5. The predicted molar refractivity (Wildman–Crippen MR) is 111 cm³/mol. The summed E-state index contributed by atoms with van der Waals surface area (Å²) in [5.41, 5.74) is 3.41. The van der Waals surface area contributed by atoms with Crippen LogP contribution in [-0.4, -0.2) is 4.57 Å². The number of fused-ring (bicyclic) bond motifs is 1. The first kappa shape index (κ1) is 18.0. The average Bonchev–Trinajstić information content (AvgIpc) is 3.03. The molecule has 4 aromatic rings.